The monoisotopic (exact) mass is 453 g/mol. The van der Waals surface area contributed by atoms with Crippen molar-refractivity contribution in [2.75, 3.05) is 39.6 Å². The number of amides is 2. The van der Waals surface area contributed by atoms with E-state index < -0.39 is 0 Å². The van der Waals surface area contributed by atoms with E-state index in [9.17, 15) is 4.79 Å². The molecule has 1 aliphatic heterocycles. The quantitative estimate of drug-likeness (QED) is 0.549. The summed E-state index contributed by atoms with van der Waals surface area (Å²) in [7, 11) is 5.18. The number of halogens is 1. The average molecular weight is 454 g/mol. The van der Waals surface area contributed by atoms with Gasteiger partial charge in [-0.05, 0) is 42.2 Å². The third-order valence-corrected chi connectivity index (χ3v) is 6.16. The number of carbonyl (C=O) groups excluding carboxylic acids is 1. The Balaban J connectivity index is 1.62. The molecule has 0 radical (unpaired) electrons. The molecule has 1 aliphatic rings. The van der Waals surface area contributed by atoms with Crippen molar-refractivity contribution < 1.29 is 9.53 Å². The van der Waals surface area contributed by atoms with Gasteiger partial charge in [0.1, 0.15) is 11.4 Å². The zero-order valence-electron chi connectivity index (χ0n) is 18.8. The second-order valence-electron chi connectivity index (χ2n) is 8.04. The molecule has 0 aliphatic carbocycles. The second-order valence-corrected chi connectivity index (χ2v) is 8.41. The zero-order chi connectivity index (χ0) is 22.8. The Hall–Kier alpha value is -3.19. The highest BCUT2D eigenvalue weighted by Crippen LogP contribution is 2.35. The highest BCUT2D eigenvalue weighted by atomic mass is 35.5. The smallest absolute Gasteiger partial charge is 0.319 e. The number of aryl methyl sites for hydroxylation is 1. The van der Waals surface area contributed by atoms with Crippen molar-refractivity contribution in [2.24, 2.45) is 0 Å². The molecule has 1 aromatic carbocycles. The standard InChI is InChI=1S/C24H28ClN5O2/c1-5-15-12-17(13-21(32-4)22(15)25)27-19-6-9-26-23-18(19)14-20(28-23)16-7-10-30(11-8-16)24(31)29(2)3/h6-7,9,12-14H,5,8,10-11H2,1-4H3,(H2,26,27,28). The molecule has 8 heteroatoms. The van der Waals surface area contributed by atoms with Crippen LogP contribution in [0.1, 0.15) is 24.6 Å². The number of carbonyl (C=O) groups is 1. The van der Waals surface area contributed by atoms with E-state index in [1.807, 2.05) is 23.1 Å². The van der Waals surface area contributed by atoms with E-state index in [4.69, 9.17) is 16.3 Å². The van der Waals surface area contributed by atoms with Crippen LogP contribution in [0.3, 0.4) is 0 Å². The molecule has 32 heavy (non-hydrogen) atoms. The van der Waals surface area contributed by atoms with Crippen LogP contribution in [0.2, 0.25) is 5.02 Å². The van der Waals surface area contributed by atoms with Crippen LogP contribution in [-0.2, 0) is 6.42 Å². The van der Waals surface area contributed by atoms with Crippen LogP contribution in [0.5, 0.6) is 5.75 Å². The number of methoxy groups -OCH3 is 1. The minimum atomic E-state index is 0.0370. The molecule has 2 aromatic heterocycles. The number of pyridine rings is 1. The van der Waals surface area contributed by atoms with Gasteiger partial charge in [-0.15, -0.1) is 0 Å². The SMILES string of the molecule is CCc1cc(Nc2ccnc3[nH]c(C4=CCN(C(=O)N(C)C)CC4)cc23)cc(OC)c1Cl. The van der Waals surface area contributed by atoms with Crippen molar-refractivity contribution >= 4 is 45.6 Å². The largest absolute Gasteiger partial charge is 0.495 e. The van der Waals surface area contributed by atoms with Gasteiger partial charge in [0.2, 0.25) is 0 Å². The first-order valence-electron chi connectivity index (χ1n) is 10.7. The first kappa shape index (κ1) is 22.0. The lowest BCUT2D eigenvalue weighted by atomic mass is 10.0. The van der Waals surface area contributed by atoms with Crippen molar-refractivity contribution in [3.8, 4) is 5.75 Å². The summed E-state index contributed by atoms with van der Waals surface area (Å²) in [6.07, 6.45) is 5.50. The molecule has 3 heterocycles. The number of ether oxygens (including phenoxy) is 1. The molecule has 2 amide bonds. The Morgan fingerprint density at radius 1 is 1.34 bits per heavy atom. The topological polar surface area (TPSA) is 73.5 Å². The molecule has 2 N–H and O–H groups in total. The fraction of sp³-hybridized carbons (Fsp3) is 0.333. The van der Waals surface area contributed by atoms with Crippen LogP contribution in [-0.4, -0.2) is 60.1 Å². The van der Waals surface area contributed by atoms with E-state index in [0.29, 0.717) is 23.9 Å². The van der Waals surface area contributed by atoms with Crippen molar-refractivity contribution in [2.45, 2.75) is 19.8 Å². The number of benzene rings is 1. The fourth-order valence-electron chi connectivity index (χ4n) is 3.97. The van der Waals surface area contributed by atoms with Gasteiger partial charge in [0.25, 0.3) is 0 Å². The van der Waals surface area contributed by atoms with E-state index in [-0.39, 0.29) is 6.03 Å². The molecule has 0 fully saturated rings. The van der Waals surface area contributed by atoms with E-state index in [1.165, 1.54) is 5.57 Å². The number of hydrogen-bond acceptors (Lipinski definition) is 4. The third kappa shape index (κ3) is 4.25. The van der Waals surface area contributed by atoms with Crippen LogP contribution in [0.4, 0.5) is 16.2 Å². The lowest BCUT2D eigenvalue weighted by Crippen LogP contribution is -2.41. The molecule has 3 aromatic rings. The normalized spacial score (nSPS) is 13.8. The summed E-state index contributed by atoms with van der Waals surface area (Å²) in [5, 5.41) is 5.15. The summed E-state index contributed by atoms with van der Waals surface area (Å²) in [4.78, 5) is 23.6. The van der Waals surface area contributed by atoms with Gasteiger partial charge in [-0.1, -0.05) is 24.6 Å². The third-order valence-electron chi connectivity index (χ3n) is 5.73. The van der Waals surface area contributed by atoms with Gasteiger partial charge in [-0.3, -0.25) is 0 Å². The van der Waals surface area contributed by atoms with Gasteiger partial charge in [-0.2, -0.15) is 0 Å². The van der Waals surface area contributed by atoms with Crippen molar-refractivity contribution in [3.63, 3.8) is 0 Å². The van der Waals surface area contributed by atoms with Crippen LogP contribution in [0.25, 0.3) is 16.6 Å². The average Bonchev–Trinajstić information content (AvgIpc) is 3.25. The summed E-state index contributed by atoms with van der Waals surface area (Å²) in [5.41, 5.74) is 5.92. The number of aromatic nitrogens is 2. The number of aromatic amines is 1. The predicted octanol–water partition coefficient (Wildman–Crippen LogP) is 5.30. The van der Waals surface area contributed by atoms with Gasteiger partial charge in [0.15, 0.2) is 0 Å². The van der Waals surface area contributed by atoms with Crippen LogP contribution < -0.4 is 10.1 Å². The van der Waals surface area contributed by atoms with E-state index in [0.717, 1.165) is 46.5 Å². The molecule has 0 atom stereocenters. The number of nitrogens with one attached hydrogen (secondary N) is 2. The number of urea groups is 1. The van der Waals surface area contributed by atoms with E-state index >= 15 is 0 Å². The maximum atomic E-state index is 12.2. The van der Waals surface area contributed by atoms with Gasteiger partial charge in [-0.25, -0.2) is 9.78 Å². The van der Waals surface area contributed by atoms with Gasteiger partial charge < -0.3 is 24.8 Å². The Morgan fingerprint density at radius 3 is 2.81 bits per heavy atom. The molecular weight excluding hydrogens is 426 g/mol. The van der Waals surface area contributed by atoms with Crippen molar-refractivity contribution in [3.05, 3.63) is 52.8 Å². The molecule has 0 bridgehead atoms. The second kappa shape index (κ2) is 9.12. The lowest BCUT2D eigenvalue weighted by Gasteiger charge is -2.28. The first-order chi connectivity index (χ1) is 15.4. The maximum Gasteiger partial charge on any atom is 0.319 e. The number of nitrogens with zero attached hydrogens (tertiary/aromatic N) is 3. The van der Waals surface area contributed by atoms with E-state index in [1.54, 1.807) is 32.3 Å². The highest BCUT2D eigenvalue weighted by Gasteiger charge is 2.20. The summed E-state index contributed by atoms with van der Waals surface area (Å²) >= 11 is 6.41. The Morgan fingerprint density at radius 2 is 2.16 bits per heavy atom. The summed E-state index contributed by atoms with van der Waals surface area (Å²) < 4.78 is 5.45. The number of rotatable bonds is 5. The Bertz CT molecular complexity index is 1160. The van der Waals surface area contributed by atoms with Gasteiger partial charge in [0, 0.05) is 56.2 Å². The highest BCUT2D eigenvalue weighted by molar-refractivity contribution is 6.33. The molecule has 0 unspecified atom stereocenters. The minimum absolute atomic E-state index is 0.0370. The van der Waals surface area contributed by atoms with Crippen LogP contribution in [0.15, 0.2) is 36.5 Å². The molecule has 7 nitrogen and oxygen atoms in total. The predicted molar refractivity (Wildman–Crippen MR) is 130 cm³/mol. The molecule has 0 spiro atoms. The summed E-state index contributed by atoms with van der Waals surface area (Å²) in [6.45, 7) is 3.37. The fourth-order valence-corrected chi connectivity index (χ4v) is 4.29. The number of H-pyrrole nitrogens is 1. The molecule has 0 saturated heterocycles. The number of hydrogen-bond donors (Lipinski definition) is 2. The zero-order valence-corrected chi connectivity index (χ0v) is 19.6. The number of fused-ring (bicyclic) bond motifs is 1. The molecule has 4 rings (SSSR count). The van der Waals surface area contributed by atoms with Crippen molar-refractivity contribution in [1.82, 2.24) is 19.8 Å². The maximum absolute atomic E-state index is 12.2. The molecular formula is C24H28ClN5O2. The summed E-state index contributed by atoms with van der Waals surface area (Å²) in [5.74, 6) is 0.651. The van der Waals surface area contributed by atoms with E-state index in [2.05, 4.69) is 34.4 Å². The van der Waals surface area contributed by atoms with Crippen LogP contribution >= 0.6 is 11.6 Å². The first-order valence-corrected chi connectivity index (χ1v) is 11.1. The van der Waals surface area contributed by atoms with Gasteiger partial charge >= 0.3 is 6.03 Å². The Labute approximate surface area is 193 Å². The molecule has 168 valence electrons. The minimum Gasteiger partial charge on any atom is -0.495 e. The number of anilines is 2. The lowest BCUT2D eigenvalue weighted by molar-refractivity contribution is 0.176. The molecule has 0 saturated carbocycles. The Kier molecular flexibility index (Phi) is 6.28. The van der Waals surface area contributed by atoms with Gasteiger partial charge in [0.05, 0.1) is 17.8 Å². The summed E-state index contributed by atoms with van der Waals surface area (Å²) in [6, 6.07) is 8.06. The van der Waals surface area contributed by atoms with Crippen LogP contribution in [0, 0.1) is 0 Å². The van der Waals surface area contributed by atoms with Crippen molar-refractivity contribution in [1.29, 1.82) is 0 Å².